The Kier molecular flexibility index (Phi) is 4.87. The minimum atomic E-state index is -0.110. The minimum Gasteiger partial charge on any atom is -0.396 e. The Morgan fingerprint density at radius 1 is 0.514 bits per heavy atom. The molecule has 2 N–H and O–H groups in total. The maximum Gasteiger partial charge on any atom is 0.0681 e. The normalized spacial score (nSPS) is 15.9. The molecule has 0 fully saturated rings. The molecule has 0 aliphatic heterocycles. The smallest absolute Gasteiger partial charge is 0.0681 e. The lowest BCUT2D eigenvalue weighted by Crippen LogP contribution is -2.16. The van der Waals surface area contributed by atoms with Gasteiger partial charge in [-0.3, -0.25) is 0 Å². The highest BCUT2D eigenvalue weighted by molar-refractivity contribution is 5.86. The predicted octanol–water partition coefficient (Wildman–Crippen LogP) is 6.99. The van der Waals surface area contributed by atoms with Crippen LogP contribution in [0.2, 0.25) is 0 Å². The van der Waals surface area contributed by atoms with Crippen LogP contribution in [0.4, 0.5) is 0 Å². The Morgan fingerprint density at radius 2 is 0.914 bits per heavy atom. The lowest BCUT2D eigenvalue weighted by molar-refractivity contribution is 0.281. The molecule has 2 heteroatoms. The number of aliphatic hydroxyl groups is 2. The molecule has 0 amide bonds. The van der Waals surface area contributed by atoms with Gasteiger partial charge in [-0.15, -0.1) is 0 Å². The van der Waals surface area contributed by atoms with Crippen molar-refractivity contribution in [1.82, 2.24) is 0 Å². The van der Waals surface area contributed by atoms with Crippen LogP contribution in [0.3, 0.4) is 0 Å². The highest BCUT2D eigenvalue weighted by Crippen LogP contribution is 2.52. The van der Waals surface area contributed by atoms with E-state index >= 15 is 0 Å². The van der Waals surface area contributed by atoms with Gasteiger partial charge in [0.05, 0.1) is 6.61 Å². The number of aliphatic hydroxyl groups excluding tert-OH is 2. The molecule has 6 rings (SSSR count). The molecule has 2 nitrogen and oxygen atoms in total. The predicted molar refractivity (Wildman–Crippen MR) is 144 cm³/mol. The topological polar surface area (TPSA) is 40.5 Å². The SMILES string of the molecule is CC1(C)c2cc(CO)ccc2-c2ccc(-c3ccc4c(c3)C(C)(C)c3cc(CCO)ccc3-4)cc21. The van der Waals surface area contributed by atoms with Crippen molar-refractivity contribution >= 4 is 0 Å². The molecule has 0 radical (unpaired) electrons. The maximum absolute atomic E-state index is 9.66. The van der Waals surface area contributed by atoms with E-state index < -0.39 is 0 Å². The molecule has 0 bridgehead atoms. The van der Waals surface area contributed by atoms with Gasteiger partial charge >= 0.3 is 0 Å². The Hall–Kier alpha value is -3.20. The molecule has 0 unspecified atom stereocenters. The van der Waals surface area contributed by atoms with Gasteiger partial charge in [0, 0.05) is 17.4 Å². The number of hydrogen-bond donors (Lipinski definition) is 2. The summed E-state index contributed by atoms with van der Waals surface area (Å²) in [6.45, 7) is 9.44. The summed E-state index contributed by atoms with van der Waals surface area (Å²) in [5.74, 6) is 0. The molecule has 4 aromatic rings. The van der Waals surface area contributed by atoms with E-state index in [1.165, 1.54) is 61.2 Å². The first kappa shape index (κ1) is 22.3. The van der Waals surface area contributed by atoms with E-state index in [9.17, 15) is 10.2 Å². The summed E-state index contributed by atoms with van der Waals surface area (Å²) >= 11 is 0. The molecule has 35 heavy (non-hydrogen) atoms. The molecule has 0 saturated carbocycles. The third-order valence-electron chi connectivity index (χ3n) is 8.40. The third kappa shape index (κ3) is 3.17. The monoisotopic (exact) mass is 460 g/mol. The molecule has 0 heterocycles. The lowest BCUT2D eigenvalue weighted by Gasteiger charge is -2.23. The maximum atomic E-state index is 9.66. The summed E-state index contributed by atoms with van der Waals surface area (Å²) in [6, 6.07) is 26.8. The van der Waals surface area contributed by atoms with Gasteiger partial charge in [0.2, 0.25) is 0 Å². The average Bonchev–Trinajstić information content (AvgIpc) is 3.23. The fraction of sp³-hybridized carbons (Fsp3) is 0.273. The summed E-state index contributed by atoms with van der Waals surface area (Å²) in [5, 5.41) is 19.1. The van der Waals surface area contributed by atoms with Gasteiger partial charge < -0.3 is 10.2 Å². The zero-order valence-corrected chi connectivity index (χ0v) is 20.9. The summed E-state index contributed by atoms with van der Waals surface area (Å²) in [4.78, 5) is 0. The van der Waals surface area contributed by atoms with Gasteiger partial charge in [-0.25, -0.2) is 0 Å². The van der Waals surface area contributed by atoms with E-state index in [1.807, 2.05) is 6.07 Å². The second kappa shape index (κ2) is 7.65. The minimum absolute atomic E-state index is 0.0692. The first-order chi connectivity index (χ1) is 16.8. The molecule has 176 valence electrons. The van der Waals surface area contributed by atoms with E-state index in [0.717, 1.165) is 5.56 Å². The fourth-order valence-electron chi connectivity index (χ4n) is 6.31. The zero-order valence-electron chi connectivity index (χ0n) is 20.9. The molecule has 2 aliphatic rings. The highest BCUT2D eigenvalue weighted by atomic mass is 16.3. The van der Waals surface area contributed by atoms with Crippen molar-refractivity contribution in [2.45, 2.75) is 51.6 Å². The van der Waals surface area contributed by atoms with Crippen LogP contribution >= 0.6 is 0 Å². The Balaban J connectivity index is 1.44. The lowest BCUT2D eigenvalue weighted by atomic mass is 9.80. The second-order valence-electron chi connectivity index (χ2n) is 11.2. The number of hydrogen-bond acceptors (Lipinski definition) is 2. The molecule has 0 aromatic heterocycles. The van der Waals surface area contributed by atoms with E-state index in [-0.39, 0.29) is 24.0 Å². The van der Waals surface area contributed by atoms with Crippen molar-refractivity contribution in [3.63, 3.8) is 0 Å². The largest absolute Gasteiger partial charge is 0.396 e. The molecular weight excluding hydrogens is 428 g/mol. The average molecular weight is 461 g/mol. The Bertz CT molecular complexity index is 1490. The van der Waals surface area contributed by atoms with E-state index in [4.69, 9.17) is 0 Å². The molecule has 0 atom stereocenters. The number of benzene rings is 4. The fourth-order valence-corrected chi connectivity index (χ4v) is 6.31. The van der Waals surface area contributed by atoms with Gasteiger partial charge in [0.25, 0.3) is 0 Å². The first-order valence-electron chi connectivity index (χ1n) is 12.5. The van der Waals surface area contributed by atoms with E-state index in [1.54, 1.807) is 0 Å². The quantitative estimate of drug-likeness (QED) is 0.344. The van der Waals surface area contributed by atoms with Gasteiger partial charge in [-0.1, -0.05) is 88.4 Å². The molecule has 0 spiro atoms. The van der Waals surface area contributed by atoms with Crippen LogP contribution in [0, 0.1) is 0 Å². The first-order valence-corrected chi connectivity index (χ1v) is 12.5. The van der Waals surface area contributed by atoms with Crippen molar-refractivity contribution in [1.29, 1.82) is 0 Å². The molecule has 0 saturated heterocycles. The standard InChI is InChI=1S/C33H32O2/c1-32(2)28-15-20(13-14-34)5-9-24(28)26-11-7-22(17-30(26)32)23-8-12-27-25-10-6-21(19-35)16-29(25)33(3,4)31(27)18-23/h5-12,15-18,34-35H,13-14,19H2,1-4H3. The van der Waals surface area contributed by atoms with Crippen LogP contribution in [-0.4, -0.2) is 16.8 Å². The highest BCUT2D eigenvalue weighted by Gasteiger charge is 2.37. The summed E-state index contributed by atoms with van der Waals surface area (Å²) in [6.07, 6.45) is 0.693. The number of rotatable bonds is 4. The number of fused-ring (bicyclic) bond motifs is 6. The third-order valence-corrected chi connectivity index (χ3v) is 8.40. The van der Waals surface area contributed by atoms with Crippen molar-refractivity contribution in [3.05, 3.63) is 106 Å². The van der Waals surface area contributed by atoms with E-state index in [0.29, 0.717) is 6.42 Å². The van der Waals surface area contributed by atoms with Gasteiger partial charge in [0.15, 0.2) is 0 Å². The zero-order chi connectivity index (χ0) is 24.5. The Labute approximate surface area is 207 Å². The van der Waals surface area contributed by atoms with Crippen molar-refractivity contribution in [2.75, 3.05) is 6.61 Å². The Morgan fingerprint density at radius 3 is 1.37 bits per heavy atom. The molecule has 4 aromatic carbocycles. The second-order valence-corrected chi connectivity index (χ2v) is 11.2. The summed E-state index contributed by atoms with van der Waals surface area (Å²) in [5.41, 5.74) is 15.0. The molecule has 2 aliphatic carbocycles. The van der Waals surface area contributed by atoms with Crippen LogP contribution in [-0.2, 0) is 23.9 Å². The van der Waals surface area contributed by atoms with Crippen LogP contribution in [0.15, 0.2) is 72.8 Å². The van der Waals surface area contributed by atoms with Crippen molar-refractivity contribution in [3.8, 4) is 33.4 Å². The summed E-state index contributed by atoms with van der Waals surface area (Å²) in [7, 11) is 0. The van der Waals surface area contributed by atoms with Crippen LogP contribution in [0.25, 0.3) is 33.4 Å². The molecular formula is C33H32O2. The van der Waals surface area contributed by atoms with E-state index in [2.05, 4.69) is 94.4 Å². The van der Waals surface area contributed by atoms with Crippen molar-refractivity contribution < 1.29 is 10.2 Å². The van der Waals surface area contributed by atoms with Crippen LogP contribution in [0.1, 0.15) is 61.1 Å². The van der Waals surface area contributed by atoms with Gasteiger partial charge in [-0.2, -0.15) is 0 Å². The summed E-state index contributed by atoms with van der Waals surface area (Å²) < 4.78 is 0. The van der Waals surface area contributed by atoms with Gasteiger partial charge in [-0.05, 0) is 85.3 Å². The van der Waals surface area contributed by atoms with Gasteiger partial charge in [0.1, 0.15) is 0 Å². The van der Waals surface area contributed by atoms with Crippen LogP contribution < -0.4 is 0 Å². The van der Waals surface area contributed by atoms with Crippen LogP contribution in [0.5, 0.6) is 0 Å². The van der Waals surface area contributed by atoms with Crippen molar-refractivity contribution in [2.24, 2.45) is 0 Å².